The first-order valence-electron chi connectivity index (χ1n) is 11.1. The van der Waals surface area contributed by atoms with Crippen molar-refractivity contribution in [2.45, 2.75) is 18.4 Å². The van der Waals surface area contributed by atoms with E-state index in [1.54, 1.807) is 29.3 Å². The zero-order valence-corrected chi connectivity index (χ0v) is 19.1. The fourth-order valence-corrected chi connectivity index (χ4v) is 4.07. The van der Waals surface area contributed by atoms with E-state index in [4.69, 9.17) is 26.0 Å². The summed E-state index contributed by atoms with van der Waals surface area (Å²) in [6.07, 6.45) is 2.95. The quantitative estimate of drug-likeness (QED) is 0.469. The average molecular weight is 478 g/mol. The predicted molar refractivity (Wildman–Crippen MR) is 130 cm³/mol. The van der Waals surface area contributed by atoms with E-state index in [0.29, 0.717) is 42.4 Å². The molecule has 174 valence electrons. The molecule has 0 saturated carbocycles. The number of hydrogen-bond donors (Lipinski definition) is 2. The first-order chi connectivity index (χ1) is 16.6. The maximum atomic E-state index is 12.4. The molecule has 1 spiro atoms. The van der Waals surface area contributed by atoms with Gasteiger partial charge < -0.3 is 9.57 Å². The monoisotopic (exact) mass is 477 g/mol. The van der Waals surface area contributed by atoms with Gasteiger partial charge in [-0.2, -0.15) is 0 Å². The molecule has 2 aliphatic rings. The molecule has 1 saturated heterocycles. The molecule has 0 unspecified atom stereocenters. The van der Waals surface area contributed by atoms with Crippen molar-refractivity contribution >= 4 is 29.1 Å². The van der Waals surface area contributed by atoms with E-state index in [9.17, 15) is 4.79 Å². The molecule has 8 heteroatoms. The normalized spacial score (nSPS) is 17.0. The van der Waals surface area contributed by atoms with Gasteiger partial charge in [-0.3, -0.25) is 15.6 Å². The molecule has 1 fully saturated rings. The molecule has 0 aromatic heterocycles. The standard InChI is InChI=1S/C26H24ClN3O4/c27-20-8-6-19(7-9-20)24-18-26(34-29-24)14-16-30(17-15-26)33-25(31)28-21-10-12-23(13-11-21)32-22-4-2-1-3-5-22/h1-13,18,29H,14-17H2,(H,28,31). The number of piperidine rings is 1. The number of carbonyl (C=O) groups excluding carboxylic acids is 1. The molecular formula is C26H24ClN3O4. The number of ether oxygens (including phenoxy) is 1. The average Bonchev–Trinajstić information content (AvgIpc) is 3.27. The zero-order valence-electron chi connectivity index (χ0n) is 18.4. The van der Waals surface area contributed by atoms with Crippen LogP contribution in [0.3, 0.4) is 0 Å². The lowest BCUT2D eigenvalue weighted by molar-refractivity contribution is -0.153. The summed E-state index contributed by atoms with van der Waals surface area (Å²) >= 11 is 5.98. The van der Waals surface area contributed by atoms with Crippen LogP contribution in [0.2, 0.25) is 5.02 Å². The molecule has 3 aromatic carbocycles. The lowest BCUT2D eigenvalue weighted by Crippen LogP contribution is -2.45. The number of halogens is 1. The van der Waals surface area contributed by atoms with Crippen LogP contribution in [0, 0.1) is 0 Å². The van der Waals surface area contributed by atoms with Crippen LogP contribution in [0.15, 0.2) is 84.9 Å². The van der Waals surface area contributed by atoms with Gasteiger partial charge in [0, 0.05) is 23.8 Å². The minimum Gasteiger partial charge on any atom is -0.457 e. The highest BCUT2D eigenvalue weighted by Gasteiger charge is 2.39. The maximum Gasteiger partial charge on any atom is 0.430 e. The van der Waals surface area contributed by atoms with Gasteiger partial charge in [-0.25, -0.2) is 4.79 Å². The summed E-state index contributed by atoms with van der Waals surface area (Å²) in [5.74, 6) is 1.43. The summed E-state index contributed by atoms with van der Waals surface area (Å²) in [6.45, 7) is 1.12. The number of hydroxylamine groups is 3. The van der Waals surface area contributed by atoms with Gasteiger partial charge in [0.05, 0.1) is 5.70 Å². The highest BCUT2D eigenvalue weighted by molar-refractivity contribution is 6.30. The molecular weight excluding hydrogens is 454 g/mol. The summed E-state index contributed by atoms with van der Waals surface area (Å²) in [5, 5.41) is 5.10. The van der Waals surface area contributed by atoms with Gasteiger partial charge in [-0.05, 0) is 73.0 Å². The van der Waals surface area contributed by atoms with Crippen LogP contribution in [0.5, 0.6) is 11.5 Å². The summed E-state index contributed by atoms with van der Waals surface area (Å²) < 4.78 is 5.77. The van der Waals surface area contributed by atoms with Gasteiger partial charge in [0.15, 0.2) is 0 Å². The van der Waals surface area contributed by atoms with E-state index in [1.165, 1.54) is 0 Å². The Morgan fingerprint density at radius 1 is 0.941 bits per heavy atom. The van der Waals surface area contributed by atoms with Crippen molar-refractivity contribution in [3.05, 3.63) is 95.5 Å². The number of carbonyl (C=O) groups is 1. The zero-order chi connectivity index (χ0) is 23.4. The van der Waals surface area contributed by atoms with Crippen molar-refractivity contribution in [3.63, 3.8) is 0 Å². The van der Waals surface area contributed by atoms with Gasteiger partial charge in [-0.15, -0.1) is 5.06 Å². The van der Waals surface area contributed by atoms with E-state index in [0.717, 1.165) is 17.0 Å². The van der Waals surface area contributed by atoms with Gasteiger partial charge in [0.2, 0.25) is 0 Å². The van der Waals surface area contributed by atoms with E-state index in [1.807, 2.05) is 54.6 Å². The summed E-state index contributed by atoms with van der Waals surface area (Å²) in [7, 11) is 0. The van der Waals surface area contributed by atoms with Crippen LogP contribution >= 0.6 is 11.6 Å². The Morgan fingerprint density at radius 2 is 1.62 bits per heavy atom. The summed E-state index contributed by atoms with van der Waals surface area (Å²) in [6, 6.07) is 24.2. The lowest BCUT2D eigenvalue weighted by Gasteiger charge is -2.35. The van der Waals surface area contributed by atoms with Crippen molar-refractivity contribution < 1.29 is 19.2 Å². The predicted octanol–water partition coefficient (Wildman–Crippen LogP) is 6.01. The van der Waals surface area contributed by atoms with E-state index in [2.05, 4.69) is 16.9 Å². The molecule has 2 N–H and O–H groups in total. The van der Waals surface area contributed by atoms with E-state index >= 15 is 0 Å². The second kappa shape index (κ2) is 9.77. The number of amides is 1. The van der Waals surface area contributed by atoms with Crippen molar-refractivity contribution in [2.24, 2.45) is 0 Å². The molecule has 0 radical (unpaired) electrons. The highest BCUT2D eigenvalue weighted by atomic mass is 35.5. The molecule has 2 heterocycles. The number of anilines is 1. The Hall–Kier alpha value is -3.52. The molecule has 0 aliphatic carbocycles. The Labute approximate surface area is 202 Å². The van der Waals surface area contributed by atoms with Crippen molar-refractivity contribution in [3.8, 4) is 11.5 Å². The fourth-order valence-electron chi connectivity index (χ4n) is 3.94. The van der Waals surface area contributed by atoms with E-state index in [-0.39, 0.29) is 0 Å². The van der Waals surface area contributed by atoms with Crippen LogP contribution in [0.25, 0.3) is 5.70 Å². The molecule has 0 bridgehead atoms. The number of para-hydroxylation sites is 1. The van der Waals surface area contributed by atoms with Gasteiger partial charge >= 0.3 is 6.09 Å². The van der Waals surface area contributed by atoms with Crippen molar-refractivity contribution in [1.29, 1.82) is 0 Å². The van der Waals surface area contributed by atoms with Gasteiger partial charge in [0.25, 0.3) is 0 Å². The van der Waals surface area contributed by atoms with Crippen molar-refractivity contribution in [2.75, 3.05) is 18.4 Å². The minimum atomic E-state index is -0.532. The van der Waals surface area contributed by atoms with Crippen LogP contribution in [-0.4, -0.2) is 29.8 Å². The Balaban J connectivity index is 1.10. The highest BCUT2D eigenvalue weighted by Crippen LogP contribution is 2.35. The van der Waals surface area contributed by atoms with Crippen LogP contribution < -0.4 is 15.5 Å². The second-order valence-electron chi connectivity index (χ2n) is 8.21. The third-order valence-electron chi connectivity index (χ3n) is 5.79. The maximum absolute atomic E-state index is 12.4. The van der Waals surface area contributed by atoms with Crippen LogP contribution in [-0.2, 0) is 9.68 Å². The SMILES string of the molecule is O=C(Nc1ccc(Oc2ccccc2)cc1)ON1CCC2(C=C(c3ccc(Cl)cc3)NO2)CC1. The lowest BCUT2D eigenvalue weighted by atomic mass is 9.91. The number of hydrogen-bond acceptors (Lipinski definition) is 6. The first-order valence-corrected chi connectivity index (χ1v) is 11.4. The smallest absolute Gasteiger partial charge is 0.430 e. The number of nitrogens with one attached hydrogen (secondary N) is 2. The molecule has 5 rings (SSSR count). The topological polar surface area (TPSA) is 72.1 Å². The molecule has 2 aliphatic heterocycles. The van der Waals surface area contributed by atoms with Crippen LogP contribution in [0.1, 0.15) is 18.4 Å². The van der Waals surface area contributed by atoms with Gasteiger partial charge in [0.1, 0.15) is 17.1 Å². The van der Waals surface area contributed by atoms with E-state index < -0.39 is 11.7 Å². The number of benzene rings is 3. The molecule has 7 nitrogen and oxygen atoms in total. The molecule has 0 atom stereocenters. The Morgan fingerprint density at radius 3 is 2.32 bits per heavy atom. The van der Waals surface area contributed by atoms with Crippen LogP contribution in [0.4, 0.5) is 10.5 Å². The second-order valence-corrected chi connectivity index (χ2v) is 8.64. The Bertz CT molecular complexity index is 1160. The molecule has 3 aromatic rings. The van der Waals surface area contributed by atoms with Gasteiger partial charge in [-0.1, -0.05) is 41.9 Å². The largest absolute Gasteiger partial charge is 0.457 e. The Kier molecular flexibility index (Phi) is 6.40. The first kappa shape index (κ1) is 22.3. The van der Waals surface area contributed by atoms with Crippen molar-refractivity contribution in [1.82, 2.24) is 10.5 Å². The fraction of sp³-hybridized carbons (Fsp3) is 0.192. The molecule has 1 amide bonds. The third-order valence-corrected chi connectivity index (χ3v) is 6.04. The molecule has 34 heavy (non-hydrogen) atoms. The third kappa shape index (κ3) is 5.34. The number of nitrogens with zero attached hydrogens (tertiary/aromatic N) is 1. The minimum absolute atomic E-state index is 0.417. The number of rotatable bonds is 5. The summed E-state index contributed by atoms with van der Waals surface area (Å²) in [4.78, 5) is 23.8. The summed E-state index contributed by atoms with van der Waals surface area (Å²) in [5.41, 5.74) is 5.17.